The summed E-state index contributed by atoms with van der Waals surface area (Å²) in [6, 6.07) is 15.4. The van der Waals surface area contributed by atoms with E-state index in [-0.39, 0.29) is 23.9 Å². The highest BCUT2D eigenvalue weighted by Gasteiger charge is 2.30. The van der Waals surface area contributed by atoms with Crippen LogP contribution in [0.5, 0.6) is 0 Å². The molecule has 2 aromatic carbocycles. The van der Waals surface area contributed by atoms with E-state index in [1.54, 1.807) is 47.4 Å². The Morgan fingerprint density at radius 1 is 1.04 bits per heavy atom. The van der Waals surface area contributed by atoms with Crippen LogP contribution < -0.4 is 0 Å². The van der Waals surface area contributed by atoms with Crippen LogP contribution in [0.25, 0.3) is 0 Å². The van der Waals surface area contributed by atoms with Crippen molar-refractivity contribution in [2.24, 2.45) is 0 Å². The van der Waals surface area contributed by atoms with Gasteiger partial charge in [-0.2, -0.15) is 9.57 Å². The van der Waals surface area contributed by atoms with Crippen molar-refractivity contribution in [3.8, 4) is 6.07 Å². The van der Waals surface area contributed by atoms with Gasteiger partial charge in [-0.15, -0.1) is 0 Å². The number of nitrogens with zero attached hydrogens (tertiary/aromatic N) is 3. The van der Waals surface area contributed by atoms with Gasteiger partial charge in [0, 0.05) is 31.7 Å². The number of rotatable bonds is 3. The van der Waals surface area contributed by atoms with Gasteiger partial charge in [0.15, 0.2) is 0 Å². The van der Waals surface area contributed by atoms with Crippen LogP contribution in [0.4, 0.5) is 0 Å². The van der Waals surface area contributed by atoms with E-state index in [0.717, 1.165) is 5.56 Å². The first-order valence-corrected chi connectivity index (χ1v) is 9.72. The SMILES string of the molecule is Cc1cccc(S(=O)(=O)N2CCN(C(=O)c3cccc(C#N)c3)CC2)c1. The summed E-state index contributed by atoms with van der Waals surface area (Å²) in [4.78, 5) is 14.5. The van der Waals surface area contributed by atoms with Gasteiger partial charge in [-0.1, -0.05) is 18.2 Å². The van der Waals surface area contributed by atoms with Crippen molar-refractivity contribution in [2.75, 3.05) is 26.2 Å². The second-order valence-corrected chi connectivity index (χ2v) is 8.14. The van der Waals surface area contributed by atoms with Gasteiger partial charge >= 0.3 is 0 Å². The van der Waals surface area contributed by atoms with Gasteiger partial charge in [-0.25, -0.2) is 8.42 Å². The third kappa shape index (κ3) is 3.62. The van der Waals surface area contributed by atoms with E-state index in [2.05, 4.69) is 0 Å². The van der Waals surface area contributed by atoms with Gasteiger partial charge in [0.05, 0.1) is 16.5 Å². The van der Waals surface area contributed by atoms with Crippen molar-refractivity contribution in [2.45, 2.75) is 11.8 Å². The maximum Gasteiger partial charge on any atom is 0.253 e. The predicted octanol–water partition coefficient (Wildman–Crippen LogP) is 2.01. The molecule has 0 bridgehead atoms. The Morgan fingerprint density at radius 3 is 2.38 bits per heavy atom. The molecule has 1 aliphatic heterocycles. The van der Waals surface area contributed by atoms with E-state index in [1.165, 1.54) is 4.31 Å². The van der Waals surface area contributed by atoms with Crippen LogP contribution >= 0.6 is 0 Å². The Morgan fingerprint density at radius 2 is 1.73 bits per heavy atom. The molecule has 1 amide bonds. The summed E-state index contributed by atoms with van der Waals surface area (Å²) >= 11 is 0. The smallest absolute Gasteiger partial charge is 0.253 e. The fraction of sp³-hybridized carbons (Fsp3) is 0.263. The number of aryl methyl sites for hydroxylation is 1. The Hall–Kier alpha value is -2.69. The Labute approximate surface area is 153 Å². The molecule has 1 aliphatic rings. The maximum absolute atomic E-state index is 12.8. The molecule has 0 saturated carbocycles. The quantitative estimate of drug-likeness (QED) is 0.829. The number of hydrogen-bond acceptors (Lipinski definition) is 4. The Kier molecular flexibility index (Phi) is 5.07. The summed E-state index contributed by atoms with van der Waals surface area (Å²) in [6.45, 7) is 2.99. The van der Waals surface area contributed by atoms with E-state index >= 15 is 0 Å². The lowest BCUT2D eigenvalue weighted by molar-refractivity contribution is 0.0698. The fourth-order valence-corrected chi connectivity index (χ4v) is 4.49. The van der Waals surface area contributed by atoms with Crippen molar-refractivity contribution in [1.82, 2.24) is 9.21 Å². The molecule has 6 nitrogen and oxygen atoms in total. The van der Waals surface area contributed by atoms with Gasteiger partial charge < -0.3 is 4.90 Å². The van der Waals surface area contributed by atoms with E-state index in [9.17, 15) is 13.2 Å². The zero-order valence-electron chi connectivity index (χ0n) is 14.4. The minimum Gasteiger partial charge on any atom is -0.336 e. The van der Waals surface area contributed by atoms with Crippen molar-refractivity contribution in [3.05, 3.63) is 65.2 Å². The standard InChI is InChI=1S/C19H19N3O3S/c1-15-4-2-7-18(12-15)26(24,25)22-10-8-21(9-11-22)19(23)17-6-3-5-16(13-17)14-20/h2-7,12-13H,8-11H2,1H3. The van der Waals surface area contributed by atoms with E-state index in [4.69, 9.17) is 5.26 Å². The molecule has 7 heteroatoms. The van der Waals surface area contributed by atoms with Crippen LogP contribution in [0, 0.1) is 18.3 Å². The number of hydrogen-bond donors (Lipinski definition) is 0. The summed E-state index contributed by atoms with van der Waals surface area (Å²) in [5, 5.41) is 8.96. The number of carbonyl (C=O) groups is 1. The van der Waals surface area contributed by atoms with Gasteiger partial charge in [-0.3, -0.25) is 4.79 Å². The summed E-state index contributed by atoms with van der Waals surface area (Å²) in [5.74, 6) is -0.185. The molecule has 0 atom stereocenters. The number of amides is 1. The molecule has 0 spiro atoms. The lowest BCUT2D eigenvalue weighted by Gasteiger charge is -2.34. The highest BCUT2D eigenvalue weighted by atomic mass is 32.2. The highest BCUT2D eigenvalue weighted by Crippen LogP contribution is 2.19. The molecule has 0 aromatic heterocycles. The van der Waals surface area contributed by atoms with Gasteiger partial charge in [-0.05, 0) is 42.8 Å². The summed E-state index contributed by atoms with van der Waals surface area (Å²) in [6.07, 6.45) is 0. The number of sulfonamides is 1. The first kappa shape index (κ1) is 18.1. The molecule has 1 fully saturated rings. The molecule has 3 rings (SSSR count). The van der Waals surface area contributed by atoms with E-state index in [0.29, 0.717) is 24.2 Å². The molecular weight excluding hydrogens is 350 g/mol. The van der Waals surface area contributed by atoms with Crippen molar-refractivity contribution in [3.63, 3.8) is 0 Å². The third-order valence-corrected chi connectivity index (χ3v) is 6.29. The van der Waals surface area contributed by atoms with E-state index < -0.39 is 10.0 Å². The molecule has 0 radical (unpaired) electrons. The maximum atomic E-state index is 12.8. The van der Waals surface area contributed by atoms with Crippen LogP contribution in [0.15, 0.2) is 53.4 Å². The topological polar surface area (TPSA) is 81.5 Å². The molecular formula is C19H19N3O3S. The second-order valence-electron chi connectivity index (χ2n) is 6.21. The largest absolute Gasteiger partial charge is 0.336 e. The van der Waals surface area contributed by atoms with Crippen LogP contribution in [-0.2, 0) is 10.0 Å². The van der Waals surface area contributed by atoms with Crippen molar-refractivity contribution in [1.29, 1.82) is 5.26 Å². The molecule has 0 N–H and O–H groups in total. The molecule has 2 aromatic rings. The molecule has 0 unspecified atom stereocenters. The number of nitriles is 1. The van der Waals surface area contributed by atoms with Crippen molar-refractivity contribution >= 4 is 15.9 Å². The Balaban J connectivity index is 1.71. The van der Waals surface area contributed by atoms with Crippen LogP contribution in [0.1, 0.15) is 21.5 Å². The Bertz CT molecular complexity index is 972. The highest BCUT2D eigenvalue weighted by molar-refractivity contribution is 7.89. The first-order chi connectivity index (χ1) is 12.4. The summed E-state index contributed by atoms with van der Waals surface area (Å²) in [7, 11) is -3.56. The zero-order valence-corrected chi connectivity index (χ0v) is 15.2. The number of carbonyl (C=O) groups excluding carboxylic acids is 1. The van der Waals surface area contributed by atoms with Gasteiger partial charge in [0.1, 0.15) is 0 Å². The first-order valence-electron chi connectivity index (χ1n) is 8.28. The monoisotopic (exact) mass is 369 g/mol. The van der Waals surface area contributed by atoms with Crippen LogP contribution in [0.3, 0.4) is 0 Å². The summed E-state index contributed by atoms with van der Waals surface area (Å²) < 4.78 is 26.9. The summed E-state index contributed by atoms with van der Waals surface area (Å²) in [5.41, 5.74) is 1.76. The zero-order chi connectivity index (χ0) is 18.7. The fourth-order valence-electron chi connectivity index (χ4n) is 2.96. The number of piperazine rings is 1. The van der Waals surface area contributed by atoms with Gasteiger partial charge in [0.25, 0.3) is 5.91 Å². The molecule has 1 saturated heterocycles. The normalized spacial score (nSPS) is 15.5. The molecule has 26 heavy (non-hydrogen) atoms. The average molecular weight is 369 g/mol. The molecule has 134 valence electrons. The molecule has 1 heterocycles. The predicted molar refractivity (Wildman–Crippen MR) is 97.0 cm³/mol. The minimum absolute atomic E-state index is 0.185. The van der Waals surface area contributed by atoms with Crippen LogP contribution in [0.2, 0.25) is 0 Å². The lowest BCUT2D eigenvalue weighted by Crippen LogP contribution is -2.50. The van der Waals surface area contributed by atoms with E-state index in [1.807, 2.05) is 19.1 Å². The van der Waals surface area contributed by atoms with Gasteiger partial charge in [0.2, 0.25) is 10.0 Å². The third-order valence-electron chi connectivity index (χ3n) is 4.39. The number of benzene rings is 2. The van der Waals surface area contributed by atoms with Crippen molar-refractivity contribution < 1.29 is 13.2 Å². The minimum atomic E-state index is -3.56. The lowest BCUT2D eigenvalue weighted by atomic mass is 10.1. The van der Waals surface area contributed by atoms with Crippen LogP contribution in [-0.4, -0.2) is 49.7 Å². The average Bonchev–Trinajstić information content (AvgIpc) is 2.67. The second kappa shape index (κ2) is 7.28. The molecule has 0 aliphatic carbocycles.